The van der Waals surface area contributed by atoms with Gasteiger partial charge in [0.1, 0.15) is 11.8 Å². The number of hydrogen-bond donors (Lipinski definition) is 3. The molecule has 1 aliphatic carbocycles. The number of H-pyrrole nitrogens is 1. The van der Waals surface area contributed by atoms with Gasteiger partial charge in [0.25, 0.3) is 5.91 Å². The van der Waals surface area contributed by atoms with Crippen molar-refractivity contribution in [1.29, 1.82) is 0 Å². The number of amides is 1. The van der Waals surface area contributed by atoms with Crippen LogP contribution in [0, 0.1) is 0 Å². The smallest absolute Gasteiger partial charge is 0.272 e. The topological polar surface area (TPSA) is 78.0 Å². The van der Waals surface area contributed by atoms with Crippen LogP contribution in [0.15, 0.2) is 60.4 Å². The van der Waals surface area contributed by atoms with E-state index in [1.807, 2.05) is 42.5 Å². The van der Waals surface area contributed by atoms with Crippen LogP contribution in [-0.2, 0) is 12.8 Å². The summed E-state index contributed by atoms with van der Waals surface area (Å²) in [5.41, 5.74) is 4.02. The maximum atomic E-state index is 13.2. The van der Waals surface area contributed by atoms with Gasteiger partial charge in [-0.05, 0) is 55.0 Å². The predicted octanol–water partition coefficient (Wildman–Crippen LogP) is 5.79. The Bertz CT molecular complexity index is 1080. The van der Waals surface area contributed by atoms with E-state index in [1.165, 1.54) is 12.8 Å². The second-order valence-corrected chi connectivity index (χ2v) is 8.32. The number of carbonyl (C=O) groups is 1. The van der Waals surface area contributed by atoms with Crippen LogP contribution in [-0.4, -0.2) is 21.2 Å². The van der Waals surface area contributed by atoms with E-state index in [2.05, 4.69) is 15.5 Å². The SMILES string of the molecule is O=C(N[C@H](/C(O)=C/c1cccc(Cl)c1)c1ccccc1)c1n[nH]c2c1CCCCCC2. The summed E-state index contributed by atoms with van der Waals surface area (Å²) in [6.45, 7) is 0. The molecule has 0 radical (unpaired) electrons. The van der Waals surface area contributed by atoms with Gasteiger partial charge in [-0.2, -0.15) is 5.10 Å². The Labute approximate surface area is 187 Å². The van der Waals surface area contributed by atoms with Gasteiger partial charge in [-0.1, -0.05) is 66.9 Å². The summed E-state index contributed by atoms with van der Waals surface area (Å²) in [6, 6.07) is 15.9. The summed E-state index contributed by atoms with van der Waals surface area (Å²) < 4.78 is 0. The molecule has 0 saturated carbocycles. The zero-order chi connectivity index (χ0) is 21.6. The maximum Gasteiger partial charge on any atom is 0.272 e. The third-order valence-corrected chi connectivity index (χ3v) is 5.87. The van der Waals surface area contributed by atoms with Crippen LogP contribution in [0.5, 0.6) is 0 Å². The highest BCUT2D eigenvalue weighted by atomic mass is 35.5. The Morgan fingerprint density at radius 2 is 1.84 bits per heavy atom. The molecule has 1 aliphatic rings. The number of fused-ring (bicyclic) bond motifs is 1. The normalized spacial score (nSPS) is 15.5. The Balaban J connectivity index is 1.63. The molecule has 0 aliphatic heterocycles. The fraction of sp³-hybridized carbons (Fsp3) is 0.280. The summed E-state index contributed by atoms with van der Waals surface area (Å²) >= 11 is 6.08. The lowest BCUT2D eigenvalue weighted by molar-refractivity contribution is 0.0927. The molecule has 1 amide bonds. The lowest BCUT2D eigenvalue weighted by Crippen LogP contribution is -2.31. The number of aliphatic hydroxyl groups excluding tert-OH is 1. The molecule has 0 spiro atoms. The van der Waals surface area contributed by atoms with Crippen molar-refractivity contribution in [3.05, 3.63) is 93.5 Å². The van der Waals surface area contributed by atoms with E-state index in [0.717, 1.165) is 48.1 Å². The van der Waals surface area contributed by atoms with Crippen LogP contribution < -0.4 is 5.32 Å². The molecule has 3 N–H and O–H groups in total. The fourth-order valence-corrected chi connectivity index (χ4v) is 4.24. The van der Waals surface area contributed by atoms with Crippen molar-refractivity contribution >= 4 is 23.6 Å². The van der Waals surface area contributed by atoms with E-state index < -0.39 is 6.04 Å². The van der Waals surface area contributed by atoms with Gasteiger partial charge in [0.15, 0.2) is 5.69 Å². The van der Waals surface area contributed by atoms with Crippen LogP contribution >= 0.6 is 11.6 Å². The van der Waals surface area contributed by atoms with Crippen LogP contribution in [0.3, 0.4) is 0 Å². The number of nitrogens with one attached hydrogen (secondary N) is 2. The maximum absolute atomic E-state index is 13.2. The zero-order valence-corrected chi connectivity index (χ0v) is 18.0. The van der Waals surface area contributed by atoms with Crippen molar-refractivity contribution in [3.8, 4) is 0 Å². The van der Waals surface area contributed by atoms with Gasteiger partial charge in [0.2, 0.25) is 0 Å². The molecule has 1 aromatic heterocycles. The van der Waals surface area contributed by atoms with E-state index in [4.69, 9.17) is 11.6 Å². The molecule has 1 atom stereocenters. The van der Waals surface area contributed by atoms with E-state index in [1.54, 1.807) is 18.2 Å². The van der Waals surface area contributed by atoms with E-state index in [9.17, 15) is 9.90 Å². The van der Waals surface area contributed by atoms with Gasteiger partial charge < -0.3 is 10.4 Å². The van der Waals surface area contributed by atoms with E-state index >= 15 is 0 Å². The molecule has 160 valence electrons. The van der Waals surface area contributed by atoms with Crippen molar-refractivity contribution in [2.75, 3.05) is 0 Å². The number of aryl methyl sites for hydroxylation is 1. The number of aliphatic hydroxyl groups is 1. The number of rotatable bonds is 5. The van der Waals surface area contributed by atoms with Crippen LogP contribution in [0.2, 0.25) is 5.02 Å². The molecule has 4 rings (SSSR count). The number of aromatic amines is 1. The molecule has 0 saturated heterocycles. The van der Waals surface area contributed by atoms with E-state index in [-0.39, 0.29) is 11.7 Å². The summed E-state index contributed by atoms with van der Waals surface area (Å²) in [4.78, 5) is 13.2. The van der Waals surface area contributed by atoms with Gasteiger partial charge in [0, 0.05) is 16.3 Å². The molecular formula is C25H26ClN3O2. The molecule has 0 fully saturated rings. The minimum Gasteiger partial charge on any atom is -0.510 e. The molecule has 1 heterocycles. The number of carbonyl (C=O) groups excluding carboxylic acids is 1. The average molecular weight is 436 g/mol. The van der Waals surface area contributed by atoms with Crippen molar-refractivity contribution < 1.29 is 9.90 Å². The average Bonchev–Trinajstić information content (AvgIpc) is 3.14. The fourth-order valence-electron chi connectivity index (χ4n) is 4.05. The van der Waals surface area contributed by atoms with Gasteiger partial charge in [0.05, 0.1) is 0 Å². The van der Waals surface area contributed by atoms with Crippen molar-refractivity contribution in [3.63, 3.8) is 0 Å². The quantitative estimate of drug-likeness (QED) is 0.443. The molecule has 0 bridgehead atoms. The standard InChI is InChI=1S/C25H26ClN3O2/c26-19-12-8-9-17(15-19)16-22(30)23(18-10-4-3-5-11-18)27-25(31)24-20-13-6-1-2-7-14-21(20)28-29-24/h3-5,8-12,15-16,23,30H,1-2,6-7,13-14H2,(H,27,31)(H,28,29)/b22-16-/t23-/m0/s1. The molecule has 2 aromatic carbocycles. The highest BCUT2D eigenvalue weighted by molar-refractivity contribution is 6.30. The molecular weight excluding hydrogens is 410 g/mol. The molecule has 31 heavy (non-hydrogen) atoms. The second-order valence-electron chi connectivity index (χ2n) is 7.88. The number of hydrogen-bond acceptors (Lipinski definition) is 3. The molecule has 6 heteroatoms. The Kier molecular flexibility index (Phi) is 6.73. The third kappa shape index (κ3) is 5.17. The number of aromatic nitrogens is 2. The number of benzene rings is 2. The first-order valence-electron chi connectivity index (χ1n) is 10.7. The summed E-state index contributed by atoms with van der Waals surface area (Å²) in [6.07, 6.45) is 7.91. The summed E-state index contributed by atoms with van der Waals surface area (Å²) in [5.74, 6) is -0.266. The lowest BCUT2D eigenvalue weighted by atomic mass is 9.96. The first-order valence-corrected chi connectivity index (χ1v) is 11.1. The van der Waals surface area contributed by atoms with Gasteiger partial charge in [-0.25, -0.2) is 0 Å². The van der Waals surface area contributed by atoms with E-state index in [0.29, 0.717) is 10.7 Å². The largest absolute Gasteiger partial charge is 0.510 e. The minimum absolute atomic E-state index is 0.0280. The summed E-state index contributed by atoms with van der Waals surface area (Å²) in [7, 11) is 0. The zero-order valence-electron chi connectivity index (χ0n) is 17.3. The first kappa shape index (κ1) is 21.2. The van der Waals surface area contributed by atoms with Gasteiger partial charge in [-0.15, -0.1) is 0 Å². The van der Waals surface area contributed by atoms with Crippen LogP contribution in [0.4, 0.5) is 0 Å². The Morgan fingerprint density at radius 3 is 2.61 bits per heavy atom. The van der Waals surface area contributed by atoms with Crippen molar-refractivity contribution in [1.82, 2.24) is 15.5 Å². The van der Waals surface area contributed by atoms with Crippen LogP contribution in [0.1, 0.15) is 64.6 Å². The highest BCUT2D eigenvalue weighted by Crippen LogP contribution is 2.25. The molecule has 0 unspecified atom stereocenters. The number of nitrogens with zero attached hydrogens (tertiary/aromatic N) is 1. The van der Waals surface area contributed by atoms with Crippen molar-refractivity contribution in [2.45, 2.75) is 44.6 Å². The Hall–Kier alpha value is -3.05. The van der Waals surface area contributed by atoms with Gasteiger partial charge >= 0.3 is 0 Å². The third-order valence-electron chi connectivity index (χ3n) is 5.64. The summed E-state index contributed by atoms with van der Waals surface area (Å²) in [5, 5.41) is 21.9. The highest BCUT2D eigenvalue weighted by Gasteiger charge is 2.25. The van der Waals surface area contributed by atoms with Gasteiger partial charge in [-0.3, -0.25) is 9.89 Å². The van der Waals surface area contributed by atoms with Crippen molar-refractivity contribution in [2.24, 2.45) is 0 Å². The first-order chi connectivity index (χ1) is 15.1. The Morgan fingerprint density at radius 1 is 1.06 bits per heavy atom. The minimum atomic E-state index is -0.700. The monoisotopic (exact) mass is 435 g/mol. The van der Waals surface area contributed by atoms with Crippen LogP contribution in [0.25, 0.3) is 6.08 Å². The molecule has 3 aromatic rings. The number of halogens is 1. The predicted molar refractivity (Wildman–Crippen MR) is 123 cm³/mol. The second kappa shape index (κ2) is 9.84. The lowest BCUT2D eigenvalue weighted by Gasteiger charge is -2.19. The molecule has 5 nitrogen and oxygen atoms in total.